The third-order valence-electron chi connectivity index (χ3n) is 2.23. The van der Waals surface area contributed by atoms with E-state index in [0.717, 1.165) is 0 Å². The Bertz CT molecular complexity index is 516. The smallest absolute Gasteiger partial charge is 0.134 e. The van der Waals surface area contributed by atoms with E-state index in [9.17, 15) is 4.39 Å². The van der Waals surface area contributed by atoms with Gasteiger partial charge in [-0.2, -0.15) is 10.2 Å². The molecule has 0 saturated heterocycles. The van der Waals surface area contributed by atoms with Crippen LogP contribution in [0.1, 0.15) is 0 Å². The number of nitrogen functional groups attached to an aromatic ring is 1. The highest BCUT2D eigenvalue weighted by molar-refractivity contribution is 5.79. The number of nitrogens with two attached hydrogens (primary N) is 1. The average Bonchev–Trinajstić information content (AvgIpc) is 2.30. The fraction of sp³-hybridized carbons (Fsp3) is 0.0909. The molecule has 0 aliphatic heterocycles. The molecule has 0 spiro atoms. The van der Waals surface area contributed by atoms with Crippen LogP contribution in [0.3, 0.4) is 0 Å². The maximum Gasteiger partial charge on any atom is 0.134 e. The fourth-order valence-corrected chi connectivity index (χ4v) is 1.48. The number of aromatic nitrogens is 2. The Hall–Kier alpha value is -2.17. The van der Waals surface area contributed by atoms with Crippen molar-refractivity contribution in [3.8, 4) is 16.9 Å². The maximum atomic E-state index is 13.7. The predicted octanol–water partition coefficient (Wildman–Crippen LogP) is 1.87. The molecule has 1 aromatic heterocycles. The quantitative estimate of drug-likeness (QED) is 0.837. The Morgan fingerprint density at radius 3 is 2.69 bits per heavy atom. The van der Waals surface area contributed by atoms with Crippen molar-refractivity contribution in [2.24, 2.45) is 0 Å². The molecule has 0 atom stereocenters. The molecule has 0 saturated carbocycles. The second-order valence-corrected chi connectivity index (χ2v) is 3.18. The second-order valence-electron chi connectivity index (χ2n) is 3.18. The molecule has 0 unspecified atom stereocenters. The first-order valence-electron chi connectivity index (χ1n) is 4.63. The van der Waals surface area contributed by atoms with Crippen molar-refractivity contribution in [3.05, 3.63) is 36.4 Å². The van der Waals surface area contributed by atoms with Gasteiger partial charge in [0.1, 0.15) is 11.6 Å². The van der Waals surface area contributed by atoms with Gasteiger partial charge in [0.15, 0.2) is 0 Å². The number of benzene rings is 1. The van der Waals surface area contributed by atoms with E-state index in [1.54, 1.807) is 12.1 Å². The zero-order valence-electron chi connectivity index (χ0n) is 8.64. The number of nitrogens with zero attached hydrogens (tertiary/aromatic N) is 2. The second kappa shape index (κ2) is 4.14. The van der Waals surface area contributed by atoms with Crippen LogP contribution in [0, 0.1) is 5.82 Å². The number of ether oxygens (including phenoxy) is 1. The fourth-order valence-electron chi connectivity index (χ4n) is 1.48. The van der Waals surface area contributed by atoms with Gasteiger partial charge in [0.2, 0.25) is 0 Å². The summed E-state index contributed by atoms with van der Waals surface area (Å²) in [4.78, 5) is 0. The van der Waals surface area contributed by atoms with Gasteiger partial charge in [-0.05, 0) is 12.1 Å². The largest absolute Gasteiger partial charge is 0.496 e. The molecule has 0 bridgehead atoms. The average molecular weight is 219 g/mol. The lowest BCUT2D eigenvalue weighted by atomic mass is 10.1. The summed E-state index contributed by atoms with van der Waals surface area (Å²) in [5.74, 6) is 0.0127. The van der Waals surface area contributed by atoms with Gasteiger partial charge in [-0.15, -0.1) is 0 Å². The van der Waals surface area contributed by atoms with Gasteiger partial charge in [0.25, 0.3) is 0 Å². The zero-order chi connectivity index (χ0) is 11.5. The summed E-state index contributed by atoms with van der Waals surface area (Å²) in [7, 11) is 1.48. The summed E-state index contributed by atoms with van der Waals surface area (Å²) in [6.07, 6.45) is 2.79. The van der Waals surface area contributed by atoms with Crippen LogP contribution in [0.4, 0.5) is 10.1 Å². The lowest BCUT2D eigenvalue weighted by Crippen LogP contribution is -1.97. The Morgan fingerprint density at radius 2 is 2.00 bits per heavy atom. The van der Waals surface area contributed by atoms with E-state index in [0.29, 0.717) is 22.6 Å². The molecular weight excluding hydrogens is 209 g/mol. The van der Waals surface area contributed by atoms with E-state index in [-0.39, 0.29) is 0 Å². The van der Waals surface area contributed by atoms with Crippen molar-refractivity contribution in [2.45, 2.75) is 0 Å². The van der Waals surface area contributed by atoms with Gasteiger partial charge in [0.05, 0.1) is 30.8 Å². The Balaban J connectivity index is 2.68. The molecular formula is C11H10FN3O. The van der Waals surface area contributed by atoms with E-state index >= 15 is 0 Å². The van der Waals surface area contributed by atoms with Crippen molar-refractivity contribution in [1.29, 1.82) is 0 Å². The zero-order valence-corrected chi connectivity index (χ0v) is 8.64. The minimum atomic E-state index is -0.404. The molecule has 82 valence electrons. The molecule has 16 heavy (non-hydrogen) atoms. The SMILES string of the molecule is COc1cccc(F)c1-c1cnncc1N. The molecule has 0 aliphatic carbocycles. The standard InChI is InChI=1S/C11H10FN3O/c1-16-10-4-2-3-8(12)11(10)7-5-14-15-6-9(7)13/h2-6H,1H3,(H2,13,14). The number of methoxy groups -OCH3 is 1. The van der Waals surface area contributed by atoms with E-state index in [1.807, 2.05) is 0 Å². The third-order valence-corrected chi connectivity index (χ3v) is 2.23. The molecule has 0 aliphatic rings. The molecule has 1 heterocycles. The van der Waals surface area contributed by atoms with Crippen molar-refractivity contribution < 1.29 is 9.13 Å². The molecule has 2 aromatic rings. The normalized spacial score (nSPS) is 10.1. The van der Waals surface area contributed by atoms with Crippen molar-refractivity contribution in [2.75, 3.05) is 12.8 Å². The highest BCUT2D eigenvalue weighted by Gasteiger charge is 2.14. The van der Waals surface area contributed by atoms with Gasteiger partial charge < -0.3 is 10.5 Å². The molecule has 4 nitrogen and oxygen atoms in total. The van der Waals surface area contributed by atoms with Crippen LogP contribution in [0.15, 0.2) is 30.6 Å². The van der Waals surface area contributed by atoms with Crippen LogP contribution in [0.25, 0.3) is 11.1 Å². The van der Waals surface area contributed by atoms with E-state index in [1.165, 1.54) is 25.6 Å². The van der Waals surface area contributed by atoms with Gasteiger partial charge in [-0.25, -0.2) is 4.39 Å². The number of hydrogen-bond donors (Lipinski definition) is 1. The number of anilines is 1. The first-order chi connectivity index (χ1) is 7.74. The summed E-state index contributed by atoms with van der Waals surface area (Å²) >= 11 is 0. The molecule has 2 N–H and O–H groups in total. The summed E-state index contributed by atoms with van der Waals surface area (Å²) in [5.41, 5.74) is 6.86. The van der Waals surface area contributed by atoms with Gasteiger partial charge >= 0.3 is 0 Å². The van der Waals surface area contributed by atoms with Gasteiger partial charge in [-0.3, -0.25) is 0 Å². The van der Waals surface area contributed by atoms with Crippen molar-refractivity contribution in [1.82, 2.24) is 10.2 Å². The van der Waals surface area contributed by atoms with Crippen LogP contribution < -0.4 is 10.5 Å². The minimum absolute atomic E-state index is 0.303. The Labute approximate surface area is 91.9 Å². The van der Waals surface area contributed by atoms with Crippen molar-refractivity contribution in [3.63, 3.8) is 0 Å². The summed E-state index contributed by atoms with van der Waals surface area (Å²) in [6.45, 7) is 0. The van der Waals surface area contributed by atoms with Gasteiger partial charge in [-0.1, -0.05) is 6.07 Å². The Kier molecular flexibility index (Phi) is 2.68. The van der Waals surface area contributed by atoms with Crippen molar-refractivity contribution >= 4 is 5.69 Å². The molecule has 1 aromatic carbocycles. The van der Waals surface area contributed by atoms with Crippen LogP contribution in [-0.4, -0.2) is 17.3 Å². The lowest BCUT2D eigenvalue weighted by molar-refractivity contribution is 0.413. The first-order valence-corrected chi connectivity index (χ1v) is 4.63. The summed E-state index contributed by atoms with van der Waals surface area (Å²) < 4.78 is 18.8. The lowest BCUT2D eigenvalue weighted by Gasteiger charge is -2.10. The van der Waals surface area contributed by atoms with Crippen LogP contribution in [0.2, 0.25) is 0 Å². The van der Waals surface area contributed by atoms with Crippen LogP contribution in [0.5, 0.6) is 5.75 Å². The Morgan fingerprint density at radius 1 is 1.25 bits per heavy atom. The minimum Gasteiger partial charge on any atom is -0.496 e. The highest BCUT2D eigenvalue weighted by atomic mass is 19.1. The number of halogens is 1. The number of rotatable bonds is 2. The highest BCUT2D eigenvalue weighted by Crippen LogP contribution is 2.34. The van der Waals surface area contributed by atoms with E-state index in [4.69, 9.17) is 10.5 Å². The molecule has 5 heteroatoms. The van der Waals surface area contributed by atoms with E-state index < -0.39 is 5.82 Å². The molecule has 0 amide bonds. The summed E-state index contributed by atoms with van der Waals surface area (Å²) in [6, 6.07) is 4.58. The van der Waals surface area contributed by atoms with Crippen LogP contribution >= 0.6 is 0 Å². The van der Waals surface area contributed by atoms with Gasteiger partial charge in [0, 0.05) is 5.56 Å². The van der Waals surface area contributed by atoms with Crippen LogP contribution in [-0.2, 0) is 0 Å². The third kappa shape index (κ3) is 1.67. The molecule has 0 fully saturated rings. The molecule has 0 radical (unpaired) electrons. The topological polar surface area (TPSA) is 61.0 Å². The predicted molar refractivity (Wildman–Crippen MR) is 58.4 cm³/mol. The summed E-state index contributed by atoms with van der Waals surface area (Å²) in [5, 5.41) is 7.30. The maximum absolute atomic E-state index is 13.7. The van der Waals surface area contributed by atoms with E-state index in [2.05, 4.69) is 10.2 Å². The number of hydrogen-bond acceptors (Lipinski definition) is 4. The molecule has 2 rings (SSSR count). The monoisotopic (exact) mass is 219 g/mol. The first kappa shape index (κ1) is 10.4.